The largest absolute Gasteiger partial charge is 0.457 e. The van der Waals surface area contributed by atoms with E-state index in [4.69, 9.17) is 32.3 Å². The number of nitrogens with one attached hydrogen (secondary N) is 1. The Bertz CT molecular complexity index is 1190. The molecular weight excluding hydrogens is 374 g/mol. The highest BCUT2D eigenvalue weighted by atomic mass is 16.5. The van der Waals surface area contributed by atoms with Crippen LogP contribution in [0.3, 0.4) is 0 Å². The van der Waals surface area contributed by atoms with Crippen LogP contribution in [0.5, 0.6) is 11.5 Å². The lowest BCUT2D eigenvalue weighted by atomic mass is 10.0. The number of nitrogens with two attached hydrogens (primary N) is 3. The maximum Gasteiger partial charge on any atom is 0.127 e. The van der Waals surface area contributed by atoms with Crippen molar-refractivity contribution in [2.75, 3.05) is 11.5 Å². The van der Waals surface area contributed by atoms with E-state index in [2.05, 4.69) is 0 Å². The van der Waals surface area contributed by atoms with Crippen LogP contribution in [0, 0.1) is 5.41 Å². The van der Waals surface area contributed by atoms with Crippen LogP contribution in [0.2, 0.25) is 0 Å². The predicted molar refractivity (Wildman–Crippen MR) is 121 cm³/mol. The zero-order valence-electron chi connectivity index (χ0n) is 16.2. The van der Waals surface area contributed by atoms with E-state index in [0.717, 1.165) is 16.9 Å². The van der Waals surface area contributed by atoms with Gasteiger partial charge in [0.2, 0.25) is 0 Å². The van der Waals surface area contributed by atoms with Gasteiger partial charge in [0.25, 0.3) is 0 Å². The number of anilines is 2. The van der Waals surface area contributed by atoms with Gasteiger partial charge in [-0.2, -0.15) is 0 Å². The molecule has 1 aromatic heterocycles. The van der Waals surface area contributed by atoms with Crippen LogP contribution in [0.25, 0.3) is 22.5 Å². The molecule has 0 bridgehead atoms. The molecule has 0 amide bonds. The van der Waals surface area contributed by atoms with Crippen molar-refractivity contribution in [3.63, 3.8) is 0 Å². The van der Waals surface area contributed by atoms with Crippen molar-refractivity contribution in [3.8, 4) is 34.0 Å². The first-order chi connectivity index (χ1) is 14.5. The van der Waals surface area contributed by atoms with Crippen molar-refractivity contribution in [1.29, 1.82) is 5.41 Å². The van der Waals surface area contributed by atoms with Crippen LogP contribution in [-0.2, 0) is 0 Å². The molecule has 0 aliphatic heterocycles. The van der Waals surface area contributed by atoms with Crippen molar-refractivity contribution in [1.82, 2.24) is 4.98 Å². The minimum absolute atomic E-state index is 0.136. The third-order valence-electron chi connectivity index (χ3n) is 4.63. The number of para-hydroxylation sites is 1. The first kappa shape index (κ1) is 19.0. The maximum absolute atomic E-state index is 7.98. The molecule has 0 unspecified atom stereocenters. The van der Waals surface area contributed by atoms with Crippen LogP contribution >= 0.6 is 0 Å². The topological polar surface area (TPSA) is 124 Å². The minimum atomic E-state index is -0.136. The van der Waals surface area contributed by atoms with E-state index in [0.29, 0.717) is 34.1 Å². The van der Waals surface area contributed by atoms with E-state index in [1.54, 1.807) is 6.07 Å². The quantitative estimate of drug-likeness (QED) is 0.222. The van der Waals surface area contributed by atoms with Gasteiger partial charge in [-0.25, -0.2) is 4.98 Å². The standard InChI is InChI=1S/C24H21N5O/c25-17-10-6-15(7-11-17)21-14-20(26)22(24(27)28)23(29-21)16-8-12-19(13-9-16)30-18-4-2-1-3-5-18/h1-14H,25H2,(H2,26,29)(H3,27,28). The molecule has 4 rings (SSSR count). The van der Waals surface area contributed by atoms with Crippen LogP contribution < -0.4 is 21.9 Å². The van der Waals surface area contributed by atoms with E-state index >= 15 is 0 Å². The monoisotopic (exact) mass is 395 g/mol. The molecule has 0 atom stereocenters. The summed E-state index contributed by atoms with van der Waals surface area (Å²) < 4.78 is 5.85. The molecular formula is C24H21N5O. The number of pyridine rings is 1. The molecule has 7 N–H and O–H groups in total. The number of aromatic nitrogens is 1. The van der Waals surface area contributed by atoms with Gasteiger partial charge in [0, 0.05) is 22.5 Å². The Labute approximate surface area is 174 Å². The van der Waals surface area contributed by atoms with E-state index in [-0.39, 0.29) is 5.84 Å². The molecule has 0 aliphatic carbocycles. The van der Waals surface area contributed by atoms with E-state index in [1.165, 1.54) is 0 Å². The third-order valence-corrected chi connectivity index (χ3v) is 4.63. The van der Waals surface area contributed by atoms with Gasteiger partial charge in [-0.05, 0) is 54.6 Å². The Hall–Kier alpha value is -4.32. The minimum Gasteiger partial charge on any atom is -0.457 e. The zero-order chi connectivity index (χ0) is 21.1. The number of nitrogens with zero attached hydrogens (tertiary/aromatic N) is 1. The second kappa shape index (κ2) is 7.97. The van der Waals surface area contributed by atoms with Gasteiger partial charge >= 0.3 is 0 Å². The smallest absolute Gasteiger partial charge is 0.127 e. The number of hydrogen-bond acceptors (Lipinski definition) is 5. The Kier molecular flexibility index (Phi) is 5.05. The highest BCUT2D eigenvalue weighted by Gasteiger charge is 2.16. The second-order valence-corrected chi connectivity index (χ2v) is 6.80. The lowest BCUT2D eigenvalue weighted by Gasteiger charge is -2.14. The average molecular weight is 395 g/mol. The van der Waals surface area contributed by atoms with Gasteiger partial charge in [0.05, 0.1) is 17.0 Å². The lowest BCUT2D eigenvalue weighted by molar-refractivity contribution is 0.483. The molecule has 6 heteroatoms. The van der Waals surface area contributed by atoms with Crippen LogP contribution in [-0.4, -0.2) is 10.8 Å². The summed E-state index contributed by atoms with van der Waals surface area (Å²) in [4.78, 5) is 4.76. The second-order valence-electron chi connectivity index (χ2n) is 6.80. The number of hydrogen-bond donors (Lipinski definition) is 4. The molecule has 1 heterocycles. The van der Waals surface area contributed by atoms with Gasteiger partial charge in [-0.1, -0.05) is 30.3 Å². The average Bonchev–Trinajstić information content (AvgIpc) is 2.75. The summed E-state index contributed by atoms with van der Waals surface area (Å²) in [5.41, 5.74) is 22.2. The normalized spacial score (nSPS) is 10.5. The lowest BCUT2D eigenvalue weighted by Crippen LogP contribution is -2.16. The van der Waals surface area contributed by atoms with Gasteiger partial charge in [-0.15, -0.1) is 0 Å². The summed E-state index contributed by atoms with van der Waals surface area (Å²) in [6.07, 6.45) is 0. The van der Waals surface area contributed by atoms with Crippen molar-refractivity contribution in [3.05, 3.63) is 90.5 Å². The molecule has 0 fully saturated rings. The van der Waals surface area contributed by atoms with Crippen molar-refractivity contribution in [2.24, 2.45) is 5.73 Å². The van der Waals surface area contributed by atoms with E-state index in [9.17, 15) is 0 Å². The first-order valence-electron chi connectivity index (χ1n) is 9.35. The fraction of sp³-hybridized carbons (Fsp3) is 0. The maximum atomic E-state index is 7.98. The Morgan fingerprint density at radius 1 is 0.767 bits per heavy atom. The molecule has 6 nitrogen and oxygen atoms in total. The van der Waals surface area contributed by atoms with Crippen molar-refractivity contribution < 1.29 is 4.74 Å². The number of rotatable bonds is 5. The molecule has 3 aromatic carbocycles. The summed E-state index contributed by atoms with van der Waals surface area (Å²) in [5.74, 6) is 1.31. The fourth-order valence-electron chi connectivity index (χ4n) is 3.16. The van der Waals surface area contributed by atoms with Gasteiger partial charge in [0.15, 0.2) is 0 Å². The van der Waals surface area contributed by atoms with Crippen LogP contribution in [0.15, 0.2) is 84.9 Å². The number of nitrogen functional groups attached to an aromatic ring is 3. The number of amidine groups is 1. The van der Waals surface area contributed by atoms with E-state index in [1.807, 2.05) is 78.9 Å². The molecule has 0 spiro atoms. The summed E-state index contributed by atoms with van der Waals surface area (Å²) >= 11 is 0. The molecule has 0 saturated heterocycles. The summed E-state index contributed by atoms with van der Waals surface area (Å²) in [5, 5.41) is 7.98. The zero-order valence-corrected chi connectivity index (χ0v) is 16.2. The number of benzene rings is 3. The third kappa shape index (κ3) is 3.93. The van der Waals surface area contributed by atoms with Gasteiger partial charge in [0.1, 0.15) is 17.3 Å². The molecule has 0 saturated carbocycles. The van der Waals surface area contributed by atoms with E-state index < -0.39 is 0 Å². The fourth-order valence-corrected chi connectivity index (χ4v) is 3.16. The Morgan fingerprint density at radius 3 is 2.00 bits per heavy atom. The van der Waals surface area contributed by atoms with Crippen molar-refractivity contribution >= 4 is 17.2 Å². The summed E-state index contributed by atoms with van der Waals surface area (Å²) in [7, 11) is 0. The molecule has 4 aromatic rings. The Morgan fingerprint density at radius 2 is 1.37 bits per heavy atom. The van der Waals surface area contributed by atoms with Crippen molar-refractivity contribution in [2.45, 2.75) is 0 Å². The van der Waals surface area contributed by atoms with Crippen LogP contribution in [0.4, 0.5) is 11.4 Å². The molecule has 148 valence electrons. The van der Waals surface area contributed by atoms with Gasteiger partial charge < -0.3 is 21.9 Å². The predicted octanol–water partition coefficient (Wildman–Crippen LogP) is 4.66. The summed E-state index contributed by atoms with van der Waals surface area (Å²) in [6.45, 7) is 0. The first-order valence-corrected chi connectivity index (χ1v) is 9.35. The summed E-state index contributed by atoms with van der Waals surface area (Å²) in [6, 6.07) is 26.1. The highest BCUT2D eigenvalue weighted by molar-refractivity contribution is 6.05. The molecule has 0 aliphatic rings. The highest BCUT2D eigenvalue weighted by Crippen LogP contribution is 2.32. The molecule has 30 heavy (non-hydrogen) atoms. The van der Waals surface area contributed by atoms with Gasteiger partial charge in [-0.3, -0.25) is 5.41 Å². The van der Waals surface area contributed by atoms with Crippen LogP contribution in [0.1, 0.15) is 5.56 Å². The Balaban J connectivity index is 1.74. The SMILES string of the molecule is N=C(N)c1c(N)cc(-c2ccc(N)cc2)nc1-c1ccc(Oc2ccccc2)cc1. The molecule has 0 radical (unpaired) electrons. The number of ether oxygens (including phenoxy) is 1.